The van der Waals surface area contributed by atoms with E-state index in [2.05, 4.69) is 10.6 Å². The SMILES string of the molecule is CC(C)(C(=O)Nc1ccc2c(c1)OCO2)C1CCCNC1. The second-order valence-corrected chi connectivity index (χ2v) is 6.29. The third-order valence-corrected chi connectivity index (χ3v) is 4.53. The number of hydrogen-bond donors (Lipinski definition) is 2. The van der Waals surface area contributed by atoms with Crippen molar-refractivity contribution in [2.45, 2.75) is 26.7 Å². The van der Waals surface area contributed by atoms with Gasteiger partial charge in [0.2, 0.25) is 12.7 Å². The number of rotatable bonds is 3. The van der Waals surface area contributed by atoms with Crippen LogP contribution in [-0.2, 0) is 4.79 Å². The quantitative estimate of drug-likeness (QED) is 0.897. The van der Waals surface area contributed by atoms with Crippen LogP contribution in [0.15, 0.2) is 18.2 Å². The first-order valence-corrected chi connectivity index (χ1v) is 7.49. The Balaban J connectivity index is 1.70. The first-order chi connectivity index (χ1) is 10.1. The average molecular weight is 290 g/mol. The monoisotopic (exact) mass is 290 g/mol. The van der Waals surface area contributed by atoms with Gasteiger partial charge < -0.3 is 20.1 Å². The highest BCUT2D eigenvalue weighted by atomic mass is 16.7. The lowest BCUT2D eigenvalue weighted by molar-refractivity contribution is -0.127. The van der Waals surface area contributed by atoms with Crippen LogP contribution in [0.25, 0.3) is 0 Å². The van der Waals surface area contributed by atoms with E-state index in [1.807, 2.05) is 32.0 Å². The fourth-order valence-electron chi connectivity index (χ4n) is 2.92. The summed E-state index contributed by atoms with van der Waals surface area (Å²) < 4.78 is 10.6. The zero-order valence-electron chi connectivity index (χ0n) is 12.6. The van der Waals surface area contributed by atoms with Gasteiger partial charge in [0, 0.05) is 17.2 Å². The molecule has 2 aliphatic heterocycles. The predicted octanol–water partition coefficient (Wildman–Crippen LogP) is 2.38. The van der Waals surface area contributed by atoms with Gasteiger partial charge in [-0.05, 0) is 44.0 Å². The molecular formula is C16H22N2O3. The number of fused-ring (bicyclic) bond motifs is 1. The maximum Gasteiger partial charge on any atom is 0.231 e. The summed E-state index contributed by atoms with van der Waals surface area (Å²) in [5.41, 5.74) is 0.352. The molecule has 1 saturated heterocycles. The Hall–Kier alpha value is -1.75. The smallest absolute Gasteiger partial charge is 0.231 e. The second-order valence-electron chi connectivity index (χ2n) is 6.29. The number of hydrogen-bond acceptors (Lipinski definition) is 4. The van der Waals surface area contributed by atoms with Crippen molar-refractivity contribution < 1.29 is 14.3 Å². The molecule has 5 nitrogen and oxygen atoms in total. The van der Waals surface area contributed by atoms with Crippen LogP contribution < -0.4 is 20.1 Å². The van der Waals surface area contributed by atoms with E-state index in [4.69, 9.17) is 9.47 Å². The van der Waals surface area contributed by atoms with Gasteiger partial charge in [-0.15, -0.1) is 0 Å². The zero-order chi connectivity index (χ0) is 14.9. The molecule has 1 unspecified atom stereocenters. The molecule has 3 rings (SSSR count). The number of amides is 1. The number of piperidine rings is 1. The molecule has 2 N–H and O–H groups in total. The molecule has 0 aromatic heterocycles. The summed E-state index contributed by atoms with van der Waals surface area (Å²) in [6.07, 6.45) is 2.22. The van der Waals surface area contributed by atoms with E-state index < -0.39 is 5.41 Å². The van der Waals surface area contributed by atoms with Crippen molar-refractivity contribution in [2.75, 3.05) is 25.2 Å². The maximum absolute atomic E-state index is 12.6. The summed E-state index contributed by atoms with van der Waals surface area (Å²) >= 11 is 0. The van der Waals surface area contributed by atoms with Crippen LogP contribution in [0.1, 0.15) is 26.7 Å². The Morgan fingerprint density at radius 3 is 2.90 bits per heavy atom. The van der Waals surface area contributed by atoms with Gasteiger partial charge in [-0.25, -0.2) is 0 Å². The molecule has 1 fully saturated rings. The first-order valence-electron chi connectivity index (χ1n) is 7.49. The molecule has 0 spiro atoms. The Bertz CT molecular complexity index is 536. The molecule has 1 amide bonds. The van der Waals surface area contributed by atoms with Gasteiger partial charge in [-0.1, -0.05) is 13.8 Å². The summed E-state index contributed by atoms with van der Waals surface area (Å²) in [4.78, 5) is 12.6. The van der Waals surface area contributed by atoms with Gasteiger partial charge in [-0.2, -0.15) is 0 Å². The highest BCUT2D eigenvalue weighted by Crippen LogP contribution is 2.36. The fraction of sp³-hybridized carbons (Fsp3) is 0.562. The van der Waals surface area contributed by atoms with Crippen LogP contribution in [0.2, 0.25) is 0 Å². The van der Waals surface area contributed by atoms with Crippen LogP contribution in [0, 0.1) is 11.3 Å². The molecule has 5 heteroatoms. The Labute approximate surface area is 125 Å². The number of ether oxygens (including phenoxy) is 2. The third-order valence-electron chi connectivity index (χ3n) is 4.53. The van der Waals surface area contributed by atoms with Gasteiger partial charge >= 0.3 is 0 Å². The lowest BCUT2D eigenvalue weighted by atomic mass is 9.74. The van der Waals surface area contributed by atoms with E-state index in [0.29, 0.717) is 11.7 Å². The molecule has 2 aliphatic rings. The molecule has 21 heavy (non-hydrogen) atoms. The van der Waals surface area contributed by atoms with Crippen molar-refractivity contribution >= 4 is 11.6 Å². The number of benzene rings is 1. The molecule has 0 saturated carbocycles. The minimum absolute atomic E-state index is 0.0510. The molecule has 0 aliphatic carbocycles. The molecule has 1 atom stereocenters. The Morgan fingerprint density at radius 1 is 1.33 bits per heavy atom. The number of anilines is 1. The largest absolute Gasteiger partial charge is 0.454 e. The number of carbonyl (C=O) groups is 1. The zero-order valence-corrected chi connectivity index (χ0v) is 12.6. The molecule has 114 valence electrons. The summed E-state index contributed by atoms with van der Waals surface area (Å²) in [5, 5.41) is 6.38. The Kier molecular flexibility index (Phi) is 3.76. The van der Waals surface area contributed by atoms with Gasteiger partial charge in [0.05, 0.1) is 0 Å². The molecule has 0 radical (unpaired) electrons. The highest BCUT2D eigenvalue weighted by molar-refractivity contribution is 5.95. The van der Waals surface area contributed by atoms with Gasteiger partial charge in [0.25, 0.3) is 0 Å². The van der Waals surface area contributed by atoms with E-state index in [1.165, 1.54) is 0 Å². The van der Waals surface area contributed by atoms with E-state index in [0.717, 1.165) is 37.4 Å². The van der Waals surface area contributed by atoms with Crippen LogP contribution in [-0.4, -0.2) is 25.8 Å². The van der Waals surface area contributed by atoms with Crippen molar-refractivity contribution in [1.82, 2.24) is 5.32 Å². The molecule has 2 heterocycles. The minimum atomic E-state index is -0.399. The molecule has 1 aromatic carbocycles. The van der Waals surface area contributed by atoms with E-state index >= 15 is 0 Å². The van der Waals surface area contributed by atoms with Crippen molar-refractivity contribution in [1.29, 1.82) is 0 Å². The second kappa shape index (κ2) is 5.56. The van der Waals surface area contributed by atoms with Gasteiger partial charge in [0.15, 0.2) is 11.5 Å². The molecular weight excluding hydrogens is 268 g/mol. The summed E-state index contributed by atoms with van der Waals surface area (Å²) in [6.45, 7) is 6.24. The predicted molar refractivity (Wildman–Crippen MR) is 80.6 cm³/mol. The first kappa shape index (κ1) is 14.2. The van der Waals surface area contributed by atoms with Crippen molar-refractivity contribution in [3.8, 4) is 11.5 Å². The van der Waals surface area contributed by atoms with Crippen molar-refractivity contribution in [3.63, 3.8) is 0 Å². The van der Waals surface area contributed by atoms with Crippen LogP contribution >= 0.6 is 0 Å². The summed E-state index contributed by atoms with van der Waals surface area (Å²) in [6, 6.07) is 5.49. The van der Waals surface area contributed by atoms with Gasteiger partial charge in [-0.3, -0.25) is 4.79 Å². The highest BCUT2D eigenvalue weighted by Gasteiger charge is 2.37. The number of nitrogens with one attached hydrogen (secondary N) is 2. The molecule has 0 bridgehead atoms. The Morgan fingerprint density at radius 2 is 2.14 bits per heavy atom. The average Bonchev–Trinajstić information content (AvgIpc) is 2.95. The third kappa shape index (κ3) is 2.83. The van der Waals surface area contributed by atoms with Crippen LogP contribution in [0.5, 0.6) is 11.5 Å². The summed E-state index contributed by atoms with van der Waals surface area (Å²) in [5.74, 6) is 1.82. The van der Waals surface area contributed by atoms with Gasteiger partial charge in [0.1, 0.15) is 0 Å². The molecule has 1 aromatic rings. The fourth-order valence-corrected chi connectivity index (χ4v) is 2.92. The topological polar surface area (TPSA) is 59.6 Å². The van der Waals surface area contributed by atoms with Crippen molar-refractivity contribution in [2.24, 2.45) is 11.3 Å². The minimum Gasteiger partial charge on any atom is -0.454 e. The number of carbonyl (C=O) groups excluding carboxylic acids is 1. The lowest BCUT2D eigenvalue weighted by Gasteiger charge is -2.36. The van der Waals surface area contributed by atoms with Crippen molar-refractivity contribution in [3.05, 3.63) is 18.2 Å². The summed E-state index contributed by atoms with van der Waals surface area (Å²) in [7, 11) is 0. The van der Waals surface area contributed by atoms with E-state index in [9.17, 15) is 4.79 Å². The van der Waals surface area contributed by atoms with E-state index in [1.54, 1.807) is 0 Å². The van der Waals surface area contributed by atoms with Crippen LogP contribution in [0.4, 0.5) is 5.69 Å². The normalized spacial score (nSPS) is 21.1. The van der Waals surface area contributed by atoms with Crippen LogP contribution in [0.3, 0.4) is 0 Å². The standard InChI is InChI=1S/C16H22N2O3/c1-16(2,11-4-3-7-17-9-11)15(19)18-12-5-6-13-14(8-12)21-10-20-13/h5-6,8,11,17H,3-4,7,9-10H2,1-2H3,(H,18,19). The lowest BCUT2D eigenvalue weighted by Crippen LogP contribution is -2.44. The maximum atomic E-state index is 12.6. The van der Waals surface area contributed by atoms with E-state index in [-0.39, 0.29) is 12.7 Å².